The number of hydrogen-bond donors (Lipinski definition) is 1. The highest BCUT2D eigenvalue weighted by molar-refractivity contribution is 6.02. The first-order valence-electron chi connectivity index (χ1n) is 7.65. The minimum Gasteiger partial charge on any atom is -0.462 e. The second-order valence-electron chi connectivity index (χ2n) is 5.74. The number of hydrogen-bond acceptors (Lipinski definition) is 4. The van der Waals surface area contributed by atoms with E-state index >= 15 is 0 Å². The first-order valence-corrected chi connectivity index (χ1v) is 7.65. The predicted molar refractivity (Wildman–Crippen MR) is 97.2 cm³/mol. The van der Waals surface area contributed by atoms with Gasteiger partial charge >= 0.3 is 0 Å². The number of fused-ring (bicyclic) bond motifs is 1. The fourth-order valence-electron chi connectivity index (χ4n) is 2.33. The summed E-state index contributed by atoms with van der Waals surface area (Å²) >= 11 is 0. The summed E-state index contributed by atoms with van der Waals surface area (Å²) in [6, 6.07) is 13.3. The fourth-order valence-corrected chi connectivity index (χ4v) is 2.33. The lowest BCUT2D eigenvalue weighted by molar-refractivity contribution is -0.111. The highest BCUT2D eigenvalue weighted by atomic mass is 16.3. The van der Waals surface area contributed by atoms with Crippen molar-refractivity contribution in [3.05, 3.63) is 60.1 Å². The summed E-state index contributed by atoms with van der Waals surface area (Å²) in [5, 5.41) is 3.82. The first-order chi connectivity index (χ1) is 11.5. The molecule has 1 aromatic carbocycles. The van der Waals surface area contributed by atoms with Gasteiger partial charge in [-0.25, -0.2) is 4.98 Å². The molecular formula is C19H19N3O2. The van der Waals surface area contributed by atoms with Gasteiger partial charge < -0.3 is 14.6 Å². The van der Waals surface area contributed by atoms with Crippen molar-refractivity contribution < 1.29 is 9.21 Å². The van der Waals surface area contributed by atoms with Crippen LogP contribution in [0.2, 0.25) is 0 Å². The Labute approximate surface area is 140 Å². The lowest BCUT2D eigenvalue weighted by Crippen LogP contribution is -2.10. The summed E-state index contributed by atoms with van der Waals surface area (Å²) in [5.41, 5.74) is 1.62. The molecule has 3 aromatic rings. The van der Waals surface area contributed by atoms with Crippen LogP contribution in [0.1, 0.15) is 11.5 Å². The summed E-state index contributed by atoms with van der Waals surface area (Å²) in [6.07, 6.45) is 3.10. The molecule has 5 nitrogen and oxygen atoms in total. The van der Waals surface area contributed by atoms with E-state index in [9.17, 15) is 4.79 Å². The van der Waals surface area contributed by atoms with Crippen molar-refractivity contribution in [3.8, 4) is 0 Å². The molecule has 0 atom stereocenters. The molecule has 0 spiro atoms. The fraction of sp³-hybridized carbons (Fsp3) is 0.158. The number of carbonyl (C=O) groups is 1. The third kappa shape index (κ3) is 3.63. The Hall–Kier alpha value is -3.08. The number of anilines is 2. The van der Waals surface area contributed by atoms with E-state index in [1.807, 2.05) is 68.4 Å². The van der Waals surface area contributed by atoms with E-state index in [0.717, 1.165) is 28.2 Å². The lowest BCUT2D eigenvalue weighted by atomic mass is 10.2. The van der Waals surface area contributed by atoms with E-state index in [1.165, 1.54) is 6.08 Å². The molecule has 0 bridgehead atoms. The Morgan fingerprint density at radius 3 is 2.71 bits per heavy atom. The number of nitrogens with one attached hydrogen (secondary N) is 1. The van der Waals surface area contributed by atoms with E-state index in [-0.39, 0.29) is 5.91 Å². The molecule has 0 saturated heterocycles. The monoisotopic (exact) mass is 321 g/mol. The minimum absolute atomic E-state index is 0.207. The highest BCUT2D eigenvalue weighted by Gasteiger charge is 2.03. The summed E-state index contributed by atoms with van der Waals surface area (Å²) in [6.45, 7) is 1.86. The quantitative estimate of drug-likeness (QED) is 0.741. The second kappa shape index (κ2) is 6.58. The number of rotatable bonds is 4. The average Bonchev–Trinajstić information content (AvgIpc) is 2.98. The Morgan fingerprint density at radius 2 is 2.00 bits per heavy atom. The van der Waals surface area contributed by atoms with E-state index in [4.69, 9.17) is 4.42 Å². The molecule has 0 unspecified atom stereocenters. The van der Waals surface area contributed by atoms with Gasteiger partial charge in [0.15, 0.2) is 0 Å². The predicted octanol–water partition coefficient (Wildman–Crippen LogP) is 3.85. The van der Waals surface area contributed by atoms with Crippen LogP contribution in [0, 0.1) is 6.92 Å². The van der Waals surface area contributed by atoms with Crippen LogP contribution in [-0.2, 0) is 4.79 Å². The van der Waals surface area contributed by atoms with Gasteiger partial charge in [0.2, 0.25) is 5.91 Å². The smallest absolute Gasteiger partial charge is 0.248 e. The Balaban J connectivity index is 1.73. The molecule has 122 valence electrons. The molecule has 2 heterocycles. The van der Waals surface area contributed by atoms with Crippen LogP contribution >= 0.6 is 0 Å². The molecule has 0 aliphatic rings. The van der Waals surface area contributed by atoms with Gasteiger partial charge in [0.25, 0.3) is 0 Å². The van der Waals surface area contributed by atoms with Gasteiger partial charge in [-0.3, -0.25) is 4.79 Å². The standard InChI is InChI=1S/C19H19N3O2/c1-13-4-7-16(24-13)8-11-19(23)20-15-6-9-17-14(12-15)5-10-18(21-17)22(2)3/h4-12H,1-3H3,(H,20,23)/b11-8+. The summed E-state index contributed by atoms with van der Waals surface area (Å²) in [4.78, 5) is 18.5. The molecule has 0 aliphatic heterocycles. The van der Waals surface area contributed by atoms with Gasteiger partial charge in [-0.15, -0.1) is 0 Å². The molecule has 3 rings (SSSR count). The zero-order chi connectivity index (χ0) is 17.1. The van der Waals surface area contributed by atoms with Crippen molar-refractivity contribution in [2.24, 2.45) is 0 Å². The zero-order valence-corrected chi connectivity index (χ0v) is 13.9. The number of aryl methyl sites for hydroxylation is 1. The number of nitrogens with zero attached hydrogens (tertiary/aromatic N) is 2. The average molecular weight is 321 g/mol. The van der Waals surface area contributed by atoms with Gasteiger partial charge in [-0.05, 0) is 55.5 Å². The van der Waals surface area contributed by atoms with Crippen molar-refractivity contribution in [2.45, 2.75) is 6.92 Å². The molecule has 0 saturated carbocycles. The Morgan fingerprint density at radius 1 is 1.17 bits per heavy atom. The van der Waals surface area contributed by atoms with Crippen LogP contribution in [0.5, 0.6) is 0 Å². The number of furan rings is 1. The van der Waals surface area contributed by atoms with Crippen LogP contribution in [-0.4, -0.2) is 25.0 Å². The molecule has 0 radical (unpaired) electrons. The molecule has 5 heteroatoms. The Kier molecular flexibility index (Phi) is 4.33. The van der Waals surface area contributed by atoms with E-state index < -0.39 is 0 Å². The largest absolute Gasteiger partial charge is 0.462 e. The van der Waals surface area contributed by atoms with Gasteiger partial charge in [0.05, 0.1) is 5.52 Å². The van der Waals surface area contributed by atoms with Crippen LogP contribution < -0.4 is 10.2 Å². The number of benzene rings is 1. The van der Waals surface area contributed by atoms with Crippen molar-refractivity contribution in [1.29, 1.82) is 0 Å². The summed E-state index contributed by atoms with van der Waals surface area (Å²) < 4.78 is 5.39. The normalized spacial score (nSPS) is 11.1. The lowest BCUT2D eigenvalue weighted by Gasteiger charge is -2.12. The number of aromatic nitrogens is 1. The molecular weight excluding hydrogens is 302 g/mol. The first kappa shape index (κ1) is 15.8. The van der Waals surface area contributed by atoms with Crippen molar-refractivity contribution in [1.82, 2.24) is 4.98 Å². The van der Waals surface area contributed by atoms with Gasteiger partial charge in [-0.1, -0.05) is 0 Å². The van der Waals surface area contributed by atoms with E-state index in [2.05, 4.69) is 10.3 Å². The van der Waals surface area contributed by atoms with Crippen molar-refractivity contribution in [3.63, 3.8) is 0 Å². The van der Waals surface area contributed by atoms with Crippen LogP contribution in [0.3, 0.4) is 0 Å². The molecule has 2 aromatic heterocycles. The molecule has 24 heavy (non-hydrogen) atoms. The topological polar surface area (TPSA) is 58.4 Å². The van der Waals surface area contributed by atoms with Crippen LogP contribution in [0.15, 0.2) is 53.0 Å². The molecule has 1 amide bonds. The van der Waals surface area contributed by atoms with E-state index in [1.54, 1.807) is 6.08 Å². The molecule has 0 fully saturated rings. The van der Waals surface area contributed by atoms with Crippen molar-refractivity contribution >= 4 is 34.4 Å². The number of amides is 1. The van der Waals surface area contributed by atoms with E-state index in [0.29, 0.717) is 5.76 Å². The van der Waals surface area contributed by atoms with Crippen LogP contribution in [0.25, 0.3) is 17.0 Å². The van der Waals surface area contributed by atoms with Gasteiger partial charge in [0.1, 0.15) is 17.3 Å². The summed E-state index contributed by atoms with van der Waals surface area (Å²) in [7, 11) is 3.91. The van der Waals surface area contributed by atoms with Crippen LogP contribution in [0.4, 0.5) is 11.5 Å². The second-order valence-corrected chi connectivity index (χ2v) is 5.74. The minimum atomic E-state index is -0.207. The maximum absolute atomic E-state index is 12.0. The maximum Gasteiger partial charge on any atom is 0.248 e. The molecule has 1 N–H and O–H groups in total. The third-order valence-corrected chi connectivity index (χ3v) is 3.56. The van der Waals surface area contributed by atoms with Crippen molar-refractivity contribution in [2.75, 3.05) is 24.3 Å². The third-order valence-electron chi connectivity index (χ3n) is 3.56. The zero-order valence-electron chi connectivity index (χ0n) is 13.9. The Bertz CT molecular complexity index is 910. The SMILES string of the molecule is Cc1ccc(/C=C/C(=O)Nc2ccc3nc(N(C)C)ccc3c2)o1. The highest BCUT2D eigenvalue weighted by Crippen LogP contribution is 2.20. The molecule has 0 aliphatic carbocycles. The maximum atomic E-state index is 12.0. The number of pyridine rings is 1. The van der Waals surface area contributed by atoms with Gasteiger partial charge in [-0.2, -0.15) is 0 Å². The van der Waals surface area contributed by atoms with Gasteiger partial charge in [0, 0.05) is 31.2 Å². The summed E-state index contributed by atoms with van der Waals surface area (Å²) in [5.74, 6) is 2.16. The number of carbonyl (C=O) groups excluding carboxylic acids is 1.